The molecule has 1 aliphatic rings. The third-order valence-corrected chi connectivity index (χ3v) is 5.53. The number of aliphatic carboxylic acids is 1. The van der Waals surface area contributed by atoms with Gasteiger partial charge in [-0.3, -0.25) is 9.59 Å². The summed E-state index contributed by atoms with van der Waals surface area (Å²) in [5.74, 6) is -1.03. The quantitative estimate of drug-likeness (QED) is 0.765. The van der Waals surface area contributed by atoms with Gasteiger partial charge in [0.25, 0.3) is 0 Å². The van der Waals surface area contributed by atoms with Gasteiger partial charge in [0, 0.05) is 17.4 Å². The van der Waals surface area contributed by atoms with Crippen molar-refractivity contribution in [1.82, 2.24) is 0 Å². The lowest BCUT2D eigenvalue weighted by Crippen LogP contribution is -2.28. The van der Waals surface area contributed by atoms with E-state index in [1.807, 2.05) is 6.92 Å². The number of carboxylic acids is 1. The van der Waals surface area contributed by atoms with Crippen LogP contribution in [0.2, 0.25) is 10.0 Å². The summed E-state index contributed by atoms with van der Waals surface area (Å²) in [6, 6.07) is 1.68. The summed E-state index contributed by atoms with van der Waals surface area (Å²) in [5, 5.41) is 9.27. The van der Waals surface area contributed by atoms with Crippen LogP contribution in [-0.2, 0) is 22.4 Å². The van der Waals surface area contributed by atoms with Crippen molar-refractivity contribution in [3.8, 4) is 0 Å². The molecule has 0 saturated heterocycles. The Kier molecular flexibility index (Phi) is 5.71. The first kappa shape index (κ1) is 18.9. The number of ketones is 2. The molecule has 130 valence electrons. The average molecular weight is 371 g/mol. The molecule has 0 aromatic heterocycles. The Bertz CT molecular complexity index is 711. The fourth-order valence-electron chi connectivity index (χ4n) is 3.55. The van der Waals surface area contributed by atoms with E-state index in [4.69, 9.17) is 28.3 Å². The van der Waals surface area contributed by atoms with Gasteiger partial charge in [0.1, 0.15) is 5.78 Å². The van der Waals surface area contributed by atoms with Crippen LogP contribution >= 0.6 is 23.2 Å². The van der Waals surface area contributed by atoms with Gasteiger partial charge in [-0.05, 0) is 37.3 Å². The minimum absolute atomic E-state index is 0.0462. The van der Waals surface area contributed by atoms with Crippen molar-refractivity contribution in [3.63, 3.8) is 0 Å². The van der Waals surface area contributed by atoms with E-state index in [0.29, 0.717) is 36.8 Å². The standard InChI is InChI=1S/C18H20Cl2O4/c1-3-5-18(6-4-10(2)21)9-12-7-11(8-13(22)23)15(19)16(20)14(12)17(18)24/h7H,3-6,8-9H2,1-2H3,(H,22,23). The van der Waals surface area contributed by atoms with Gasteiger partial charge in [0.15, 0.2) is 5.78 Å². The second-order valence-corrected chi connectivity index (χ2v) is 7.26. The number of carboxylic acid groups (broad SMARTS) is 1. The third-order valence-electron chi connectivity index (χ3n) is 4.63. The highest BCUT2D eigenvalue weighted by Crippen LogP contribution is 2.48. The molecular formula is C18H20Cl2O4. The maximum absolute atomic E-state index is 13.1. The first-order valence-corrected chi connectivity index (χ1v) is 8.73. The molecule has 0 saturated carbocycles. The first-order chi connectivity index (χ1) is 11.2. The highest BCUT2D eigenvalue weighted by molar-refractivity contribution is 6.45. The maximum atomic E-state index is 13.1. The van der Waals surface area contributed by atoms with Crippen molar-refractivity contribution in [3.05, 3.63) is 32.8 Å². The predicted octanol–water partition coefficient (Wildman–Crippen LogP) is 4.52. The number of carbonyl (C=O) groups is 3. The molecule has 1 aliphatic carbocycles. The molecule has 4 nitrogen and oxygen atoms in total. The summed E-state index contributed by atoms with van der Waals surface area (Å²) in [7, 11) is 0. The molecule has 0 heterocycles. The van der Waals surface area contributed by atoms with E-state index in [2.05, 4.69) is 0 Å². The van der Waals surface area contributed by atoms with E-state index in [1.165, 1.54) is 6.92 Å². The Morgan fingerprint density at radius 3 is 2.46 bits per heavy atom. The summed E-state index contributed by atoms with van der Waals surface area (Å²) in [5.41, 5.74) is 0.910. The topological polar surface area (TPSA) is 71.4 Å². The molecule has 0 aliphatic heterocycles. The highest BCUT2D eigenvalue weighted by Gasteiger charge is 2.46. The van der Waals surface area contributed by atoms with Gasteiger partial charge < -0.3 is 9.90 Å². The summed E-state index contributed by atoms with van der Waals surface area (Å²) < 4.78 is 0. The summed E-state index contributed by atoms with van der Waals surface area (Å²) in [6.07, 6.45) is 2.53. The Balaban J connectivity index is 2.48. The number of hydrogen-bond acceptors (Lipinski definition) is 3. The lowest BCUT2D eigenvalue weighted by Gasteiger charge is -2.26. The number of carbonyl (C=O) groups excluding carboxylic acids is 2. The number of fused-ring (bicyclic) bond motifs is 1. The Morgan fingerprint density at radius 2 is 1.92 bits per heavy atom. The van der Waals surface area contributed by atoms with Crippen LogP contribution in [0.3, 0.4) is 0 Å². The maximum Gasteiger partial charge on any atom is 0.307 e. The molecular weight excluding hydrogens is 351 g/mol. The lowest BCUT2D eigenvalue weighted by molar-refractivity contribution is -0.136. The van der Waals surface area contributed by atoms with Crippen molar-refractivity contribution in [2.45, 2.75) is 52.4 Å². The molecule has 0 bridgehead atoms. The van der Waals surface area contributed by atoms with Crippen LogP contribution in [0.15, 0.2) is 6.07 Å². The molecule has 0 radical (unpaired) electrons. The SMILES string of the molecule is CCCC1(CCC(C)=O)Cc2cc(CC(=O)O)c(Cl)c(Cl)c2C1=O. The summed E-state index contributed by atoms with van der Waals surface area (Å²) in [4.78, 5) is 35.5. The van der Waals surface area contributed by atoms with E-state index in [9.17, 15) is 14.4 Å². The second-order valence-electron chi connectivity index (χ2n) is 6.51. The van der Waals surface area contributed by atoms with Crippen LogP contribution in [-0.4, -0.2) is 22.6 Å². The monoisotopic (exact) mass is 370 g/mol. The number of Topliss-reactive ketones (excluding diaryl/α,β-unsaturated/α-hetero) is 2. The number of benzene rings is 1. The molecule has 6 heteroatoms. The Hall–Kier alpha value is -1.39. The minimum atomic E-state index is -1.01. The molecule has 1 N–H and O–H groups in total. The van der Waals surface area contributed by atoms with Gasteiger partial charge in [-0.1, -0.05) is 42.6 Å². The van der Waals surface area contributed by atoms with Crippen LogP contribution in [0.1, 0.15) is 61.0 Å². The normalized spacial score (nSPS) is 19.4. The summed E-state index contributed by atoms with van der Waals surface area (Å²) >= 11 is 12.5. The predicted molar refractivity (Wildman–Crippen MR) is 93.1 cm³/mol. The van der Waals surface area contributed by atoms with Gasteiger partial charge >= 0.3 is 5.97 Å². The Labute approximate surface area is 151 Å². The van der Waals surface area contributed by atoms with Crippen LogP contribution in [0.4, 0.5) is 0 Å². The third kappa shape index (κ3) is 3.50. The van der Waals surface area contributed by atoms with Gasteiger partial charge in [0.2, 0.25) is 0 Å². The molecule has 1 aromatic rings. The van der Waals surface area contributed by atoms with Crippen molar-refractivity contribution in [1.29, 1.82) is 0 Å². The van der Waals surface area contributed by atoms with Gasteiger partial charge in [-0.2, -0.15) is 0 Å². The van der Waals surface area contributed by atoms with Crippen molar-refractivity contribution < 1.29 is 19.5 Å². The molecule has 0 spiro atoms. The summed E-state index contributed by atoms with van der Waals surface area (Å²) in [6.45, 7) is 3.51. The largest absolute Gasteiger partial charge is 0.481 e. The fraction of sp³-hybridized carbons (Fsp3) is 0.500. The molecule has 2 rings (SSSR count). The zero-order valence-electron chi connectivity index (χ0n) is 13.7. The van der Waals surface area contributed by atoms with E-state index in [0.717, 1.165) is 12.0 Å². The number of halogens is 2. The first-order valence-electron chi connectivity index (χ1n) is 7.97. The van der Waals surface area contributed by atoms with E-state index >= 15 is 0 Å². The zero-order valence-corrected chi connectivity index (χ0v) is 15.3. The van der Waals surface area contributed by atoms with Crippen LogP contribution in [0.25, 0.3) is 0 Å². The molecule has 1 atom stereocenters. The van der Waals surface area contributed by atoms with Gasteiger partial charge in [-0.15, -0.1) is 0 Å². The van der Waals surface area contributed by atoms with E-state index < -0.39 is 11.4 Å². The highest BCUT2D eigenvalue weighted by atomic mass is 35.5. The molecule has 24 heavy (non-hydrogen) atoms. The zero-order chi connectivity index (χ0) is 18.1. The Morgan fingerprint density at radius 1 is 1.25 bits per heavy atom. The molecule has 0 fully saturated rings. The van der Waals surface area contributed by atoms with E-state index in [-0.39, 0.29) is 28.0 Å². The van der Waals surface area contributed by atoms with Crippen molar-refractivity contribution in [2.24, 2.45) is 5.41 Å². The molecule has 1 unspecified atom stereocenters. The van der Waals surface area contributed by atoms with Gasteiger partial charge in [-0.25, -0.2) is 0 Å². The second kappa shape index (κ2) is 7.24. The van der Waals surface area contributed by atoms with E-state index in [1.54, 1.807) is 6.07 Å². The van der Waals surface area contributed by atoms with Crippen molar-refractivity contribution in [2.75, 3.05) is 0 Å². The van der Waals surface area contributed by atoms with Crippen LogP contribution in [0.5, 0.6) is 0 Å². The smallest absolute Gasteiger partial charge is 0.307 e. The average Bonchev–Trinajstić information content (AvgIpc) is 2.75. The lowest BCUT2D eigenvalue weighted by atomic mass is 9.75. The van der Waals surface area contributed by atoms with Crippen LogP contribution in [0, 0.1) is 5.41 Å². The number of hydrogen-bond donors (Lipinski definition) is 1. The number of rotatable bonds is 7. The fourth-order valence-corrected chi connectivity index (χ4v) is 4.09. The minimum Gasteiger partial charge on any atom is -0.481 e. The van der Waals surface area contributed by atoms with Crippen molar-refractivity contribution >= 4 is 40.7 Å². The molecule has 1 aromatic carbocycles. The molecule has 0 amide bonds. The van der Waals surface area contributed by atoms with Gasteiger partial charge in [0.05, 0.1) is 16.5 Å². The van der Waals surface area contributed by atoms with Crippen LogP contribution < -0.4 is 0 Å².